The number of rotatable bonds is 15. The highest BCUT2D eigenvalue weighted by Crippen LogP contribution is 2.39. The monoisotopic (exact) mass is 651 g/mol. The van der Waals surface area contributed by atoms with Gasteiger partial charge in [-0.25, -0.2) is 13.4 Å². The van der Waals surface area contributed by atoms with Crippen molar-refractivity contribution in [2.45, 2.75) is 64.5 Å². The predicted octanol–water partition coefficient (Wildman–Crippen LogP) is 5.65. The van der Waals surface area contributed by atoms with E-state index >= 15 is 0 Å². The van der Waals surface area contributed by atoms with Crippen LogP contribution in [0.3, 0.4) is 0 Å². The van der Waals surface area contributed by atoms with Crippen molar-refractivity contribution in [3.63, 3.8) is 0 Å². The van der Waals surface area contributed by atoms with Crippen molar-refractivity contribution < 1.29 is 23.4 Å². The van der Waals surface area contributed by atoms with Crippen molar-refractivity contribution in [3.05, 3.63) is 59.2 Å². The molecule has 3 rings (SSSR count). The summed E-state index contributed by atoms with van der Waals surface area (Å²) in [7, 11) is -2.29. The molecule has 0 spiro atoms. The molecule has 1 heterocycles. The van der Waals surface area contributed by atoms with E-state index in [1.807, 2.05) is 62.9 Å². The standard InChI is InChI=1S/C33H45N7O5S/c1-8-24-18-27(28(45-7)19-29(24)46(43,44)17-15-40(14-16-41)33(4,5)6)38-39-30-23(3)26(20-34)31(35-21-22(2)42)37-32(30)36-25-12-10-9-11-13-25/h9-13,18-19,22,41-42H,8,14-17,21H2,1-7H3,(H2,35,36,37)/b39-38+. The van der Waals surface area contributed by atoms with Gasteiger partial charge in [-0.1, -0.05) is 25.1 Å². The van der Waals surface area contributed by atoms with Crippen molar-refractivity contribution >= 4 is 38.5 Å². The number of para-hydroxylation sites is 1. The normalized spacial score (nSPS) is 12.7. The van der Waals surface area contributed by atoms with Gasteiger partial charge in [0.2, 0.25) is 0 Å². The number of azo groups is 1. The van der Waals surface area contributed by atoms with E-state index in [2.05, 4.69) is 31.9 Å². The summed E-state index contributed by atoms with van der Waals surface area (Å²) < 4.78 is 32.8. The van der Waals surface area contributed by atoms with Crippen LogP contribution in [0.15, 0.2) is 57.6 Å². The van der Waals surface area contributed by atoms with Crippen LogP contribution in [0.4, 0.5) is 28.7 Å². The minimum Gasteiger partial charge on any atom is -0.494 e. The van der Waals surface area contributed by atoms with Gasteiger partial charge in [0, 0.05) is 42.5 Å². The van der Waals surface area contributed by atoms with Gasteiger partial charge in [0.15, 0.2) is 15.7 Å². The molecule has 248 valence electrons. The molecule has 12 nitrogen and oxygen atoms in total. The lowest BCUT2D eigenvalue weighted by molar-refractivity contribution is 0.113. The fraction of sp³-hybridized carbons (Fsp3) is 0.455. The van der Waals surface area contributed by atoms with Crippen molar-refractivity contribution in [3.8, 4) is 11.8 Å². The molecule has 0 amide bonds. The summed E-state index contributed by atoms with van der Waals surface area (Å²) in [5.74, 6) is 0.719. The summed E-state index contributed by atoms with van der Waals surface area (Å²) >= 11 is 0. The first kappa shape index (κ1) is 36.4. The van der Waals surface area contributed by atoms with E-state index in [1.54, 1.807) is 19.9 Å². The Labute approximate surface area is 272 Å². The number of benzene rings is 2. The molecule has 0 aliphatic heterocycles. The average molecular weight is 652 g/mol. The number of ether oxygens (including phenoxy) is 1. The summed E-state index contributed by atoms with van der Waals surface area (Å²) in [6.45, 7) is 11.9. The number of pyridine rings is 1. The van der Waals surface area contributed by atoms with Gasteiger partial charge in [-0.3, -0.25) is 4.90 Å². The molecule has 0 saturated carbocycles. The highest BCUT2D eigenvalue weighted by atomic mass is 32.2. The maximum Gasteiger partial charge on any atom is 0.180 e. The Morgan fingerprint density at radius 2 is 1.83 bits per heavy atom. The van der Waals surface area contributed by atoms with Crippen molar-refractivity contribution in [2.75, 3.05) is 49.7 Å². The molecule has 0 aliphatic carbocycles. The van der Waals surface area contributed by atoms with Gasteiger partial charge >= 0.3 is 0 Å². The van der Waals surface area contributed by atoms with E-state index in [4.69, 9.17) is 4.74 Å². The third-order valence-electron chi connectivity index (χ3n) is 7.41. The molecule has 0 saturated heterocycles. The van der Waals surface area contributed by atoms with E-state index in [0.29, 0.717) is 47.1 Å². The smallest absolute Gasteiger partial charge is 0.180 e. The number of nitrogens with one attached hydrogen (secondary N) is 2. The van der Waals surface area contributed by atoms with E-state index in [1.165, 1.54) is 13.2 Å². The topological polar surface area (TPSA) is 173 Å². The van der Waals surface area contributed by atoms with E-state index in [-0.39, 0.29) is 47.2 Å². The van der Waals surface area contributed by atoms with Crippen molar-refractivity contribution in [1.29, 1.82) is 5.26 Å². The van der Waals surface area contributed by atoms with Gasteiger partial charge in [0.25, 0.3) is 0 Å². The SMILES string of the molecule is CCc1cc(/N=N/c2c(Nc3ccccc3)nc(NCC(C)O)c(C#N)c2C)c(OC)cc1S(=O)(=O)CCN(CCO)C(C)(C)C. The minimum atomic E-state index is -3.72. The van der Waals surface area contributed by atoms with Crippen molar-refractivity contribution in [2.24, 2.45) is 10.2 Å². The van der Waals surface area contributed by atoms with Gasteiger partial charge in [-0.15, -0.1) is 10.2 Å². The molecule has 0 bridgehead atoms. The number of β-amino-alcohol motifs (C(OH)–C–C–N with tert-alkyl or cyclic N) is 1. The molecule has 3 aromatic rings. The summed E-state index contributed by atoms with van der Waals surface area (Å²) in [5, 5.41) is 44.5. The van der Waals surface area contributed by atoms with E-state index < -0.39 is 15.9 Å². The Morgan fingerprint density at radius 1 is 1.13 bits per heavy atom. The third-order valence-corrected chi connectivity index (χ3v) is 9.18. The maximum absolute atomic E-state index is 13.6. The van der Waals surface area contributed by atoms with E-state index in [0.717, 1.165) is 5.69 Å². The van der Waals surface area contributed by atoms with Crippen LogP contribution in [-0.4, -0.2) is 79.3 Å². The van der Waals surface area contributed by atoms with Crippen molar-refractivity contribution in [1.82, 2.24) is 9.88 Å². The number of nitrogens with zero attached hydrogens (tertiary/aromatic N) is 5. The summed E-state index contributed by atoms with van der Waals surface area (Å²) in [6.07, 6.45) is -0.242. The molecule has 4 N–H and O–H groups in total. The number of methoxy groups -OCH3 is 1. The van der Waals surface area contributed by atoms with Crippen LogP contribution >= 0.6 is 0 Å². The molecule has 0 radical (unpaired) electrons. The largest absolute Gasteiger partial charge is 0.494 e. The minimum absolute atomic E-state index is 0.0698. The number of aromatic nitrogens is 1. The lowest BCUT2D eigenvalue weighted by atomic mass is 10.1. The Hall–Kier alpha value is -4.09. The highest BCUT2D eigenvalue weighted by molar-refractivity contribution is 7.91. The Morgan fingerprint density at radius 3 is 2.39 bits per heavy atom. The van der Waals surface area contributed by atoms with Crippen LogP contribution in [0.2, 0.25) is 0 Å². The molecule has 2 aromatic carbocycles. The first-order chi connectivity index (χ1) is 21.7. The van der Waals surface area contributed by atoms with Crippen LogP contribution in [0.1, 0.15) is 51.3 Å². The zero-order valence-electron chi connectivity index (χ0n) is 27.6. The number of aliphatic hydroxyl groups is 2. The Kier molecular flexibility index (Phi) is 12.6. The van der Waals surface area contributed by atoms with Crippen LogP contribution < -0.4 is 15.4 Å². The average Bonchev–Trinajstić information content (AvgIpc) is 3.01. The second-order valence-corrected chi connectivity index (χ2v) is 14.0. The number of aryl methyl sites for hydroxylation is 1. The predicted molar refractivity (Wildman–Crippen MR) is 181 cm³/mol. The second kappa shape index (κ2) is 16.0. The molecule has 0 aliphatic rings. The van der Waals surface area contributed by atoms with E-state index in [9.17, 15) is 23.9 Å². The molecular formula is C33H45N7O5S. The van der Waals surface area contributed by atoms with Gasteiger partial charge in [0.05, 0.1) is 36.0 Å². The number of nitriles is 1. The van der Waals surface area contributed by atoms with Gasteiger partial charge in [0.1, 0.15) is 29.0 Å². The summed E-state index contributed by atoms with van der Waals surface area (Å²) in [4.78, 5) is 6.73. The molecule has 46 heavy (non-hydrogen) atoms. The van der Waals surface area contributed by atoms with Crippen LogP contribution in [0, 0.1) is 18.3 Å². The number of hydrogen-bond donors (Lipinski definition) is 4. The molecule has 1 atom stereocenters. The Bertz CT molecular complexity index is 1660. The third kappa shape index (κ3) is 9.23. The molecule has 1 aromatic heterocycles. The number of hydrogen-bond acceptors (Lipinski definition) is 12. The molecule has 0 fully saturated rings. The second-order valence-electron chi connectivity index (χ2n) is 11.9. The maximum atomic E-state index is 13.6. The van der Waals surface area contributed by atoms with Gasteiger partial charge in [-0.2, -0.15) is 5.26 Å². The molecule has 1 unspecified atom stereocenters. The molecular weight excluding hydrogens is 606 g/mol. The van der Waals surface area contributed by atoms with Gasteiger partial charge in [-0.05, 0) is 64.8 Å². The zero-order valence-corrected chi connectivity index (χ0v) is 28.4. The van der Waals surface area contributed by atoms with Crippen LogP contribution in [0.5, 0.6) is 5.75 Å². The lowest BCUT2D eigenvalue weighted by Crippen LogP contribution is -2.45. The number of sulfone groups is 1. The quantitative estimate of drug-likeness (QED) is 0.150. The zero-order chi connectivity index (χ0) is 34.1. The molecule has 13 heteroatoms. The lowest BCUT2D eigenvalue weighted by Gasteiger charge is -2.35. The first-order valence-corrected chi connectivity index (χ1v) is 16.8. The fourth-order valence-corrected chi connectivity index (χ4v) is 6.39. The highest BCUT2D eigenvalue weighted by Gasteiger charge is 2.26. The summed E-state index contributed by atoms with van der Waals surface area (Å²) in [6, 6.07) is 14.6. The first-order valence-electron chi connectivity index (χ1n) is 15.2. The number of anilines is 3. The fourth-order valence-electron chi connectivity index (χ4n) is 4.82. The van der Waals surface area contributed by atoms with Crippen LogP contribution in [0.25, 0.3) is 0 Å². The Balaban J connectivity index is 2.08. The summed E-state index contributed by atoms with van der Waals surface area (Å²) in [5.41, 5.74) is 2.37. The number of aliphatic hydroxyl groups excluding tert-OH is 2. The van der Waals surface area contributed by atoms with Gasteiger partial charge < -0.3 is 25.6 Å². The van der Waals surface area contributed by atoms with Crippen LogP contribution in [-0.2, 0) is 16.3 Å².